The van der Waals surface area contributed by atoms with E-state index in [9.17, 15) is 5.11 Å². The molecule has 0 radical (unpaired) electrons. The summed E-state index contributed by atoms with van der Waals surface area (Å²) in [7, 11) is 0. The van der Waals surface area contributed by atoms with Crippen LogP contribution in [0.5, 0.6) is 5.75 Å². The van der Waals surface area contributed by atoms with E-state index < -0.39 is 0 Å². The average Bonchev–Trinajstić information content (AvgIpc) is 2.98. The van der Waals surface area contributed by atoms with E-state index >= 15 is 0 Å². The number of rotatable bonds is 4. The molecule has 0 saturated heterocycles. The van der Waals surface area contributed by atoms with E-state index in [0.29, 0.717) is 12.5 Å². The van der Waals surface area contributed by atoms with Crippen molar-refractivity contribution in [3.8, 4) is 5.75 Å². The Hall–Kier alpha value is -2.15. The summed E-state index contributed by atoms with van der Waals surface area (Å²) in [5.74, 6) is 1.80. The molecule has 0 atom stereocenters. The van der Waals surface area contributed by atoms with Gasteiger partial charge in [-0.15, -0.1) is 10.2 Å². The van der Waals surface area contributed by atoms with Gasteiger partial charge in [-0.3, -0.25) is 0 Å². The SMILES string of the molecule is Oc1ccc(NCc2nn3c(C4CCC4)nnc3s2)cc1. The number of aromatic hydroxyl groups is 1. The maximum Gasteiger partial charge on any atom is 0.234 e. The average molecular weight is 301 g/mol. The van der Waals surface area contributed by atoms with Gasteiger partial charge in [-0.05, 0) is 37.1 Å². The molecule has 0 unspecified atom stereocenters. The smallest absolute Gasteiger partial charge is 0.234 e. The zero-order valence-electron chi connectivity index (χ0n) is 11.4. The second-order valence-electron chi connectivity index (χ2n) is 5.28. The Kier molecular flexibility index (Phi) is 2.99. The molecule has 1 aliphatic rings. The van der Waals surface area contributed by atoms with Gasteiger partial charge in [0.05, 0.1) is 6.54 Å². The number of hydrogen-bond donors (Lipinski definition) is 2. The van der Waals surface area contributed by atoms with Crippen LogP contribution in [-0.2, 0) is 6.54 Å². The molecule has 7 heteroatoms. The first-order valence-electron chi connectivity index (χ1n) is 7.03. The number of aromatic nitrogens is 4. The highest BCUT2D eigenvalue weighted by atomic mass is 32.1. The summed E-state index contributed by atoms with van der Waals surface area (Å²) in [5, 5.41) is 26.6. The minimum atomic E-state index is 0.268. The maximum absolute atomic E-state index is 9.26. The van der Waals surface area contributed by atoms with Crippen LogP contribution in [0.25, 0.3) is 4.96 Å². The van der Waals surface area contributed by atoms with E-state index in [1.54, 1.807) is 23.5 Å². The van der Waals surface area contributed by atoms with Crippen LogP contribution in [0, 0.1) is 0 Å². The first-order valence-corrected chi connectivity index (χ1v) is 7.85. The largest absolute Gasteiger partial charge is 0.508 e. The predicted molar refractivity (Wildman–Crippen MR) is 80.7 cm³/mol. The number of benzene rings is 1. The van der Waals surface area contributed by atoms with Crippen molar-refractivity contribution in [3.05, 3.63) is 35.1 Å². The molecule has 1 aliphatic carbocycles. The Morgan fingerprint density at radius 1 is 1.24 bits per heavy atom. The molecule has 1 saturated carbocycles. The summed E-state index contributed by atoms with van der Waals surface area (Å²) in [6, 6.07) is 7.01. The van der Waals surface area contributed by atoms with Crippen molar-refractivity contribution >= 4 is 22.0 Å². The van der Waals surface area contributed by atoms with Gasteiger partial charge in [0.1, 0.15) is 10.8 Å². The van der Waals surface area contributed by atoms with Crippen LogP contribution in [-0.4, -0.2) is 24.9 Å². The maximum atomic E-state index is 9.26. The number of anilines is 1. The molecular weight excluding hydrogens is 286 g/mol. The van der Waals surface area contributed by atoms with Gasteiger partial charge in [0.2, 0.25) is 4.96 Å². The number of nitrogens with one attached hydrogen (secondary N) is 1. The molecule has 6 nitrogen and oxygen atoms in total. The summed E-state index contributed by atoms with van der Waals surface area (Å²) in [5.41, 5.74) is 0.956. The molecule has 1 fully saturated rings. The fourth-order valence-electron chi connectivity index (χ4n) is 2.42. The Bertz CT molecular complexity index is 759. The quantitative estimate of drug-likeness (QED) is 0.725. The highest BCUT2D eigenvalue weighted by molar-refractivity contribution is 7.16. The molecule has 21 heavy (non-hydrogen) atoms. The van der Waals surface area contributed by atoms with E-state index in [4.69, 9.17) is 0 Å². The molecule has 108 valence electrons. The minimum absolute atomic E-state index is 0.268. The van der Waals surface area contributed by atoms with Gasteiger partial charge in [0.15, 0.2) is 5.82 Å². The topological polar surface area (TPSA) is 75.3 Å². The van der Waals surface area contributed by atoms with Crippen LogP contribution in [0.1, 0.15) is 36.0 Å². The number of phenols is 1. The zero-order chi connectivity index (χ0) is 14.2. The second kappa shape index (κ2) is 5.00. The minimum Gasteiger partial charge on any atom is -0.508 e. The second-order valence-corrected chi connectivity index (χ2v) is 6.32. The van der Waals surface area contributed by atoms with Crippen LogP contribution in [0.3, 0.4) is 0 Å². The highest BCUT2D eigenvalue weighted by Gasteiger charge is 2.26. The van der Waals surface area contributed by atoms with Crippen molar-refractivity contribution in [2.45, 2.75) is 31.7 Å². The molecule has 3 aromatic rings. The molecule has 0 aliphatic heterocycles. The Morgan fingerprint density at radius 2 is 2.05 bits per heavy atom. The van der Waals surface area contributed by atoms with Gasteiger partial charge in [-0.25, -0.2) is 0 Å². The van der Waals surface area contributed by atoms with E-state index in [1.807, 2.05) is 16.6 Å². The summed E-state index contributed by atoms with van der Waals surface area (Å²) in [6.45, 7) is 0.642. The van der Waals surface area contributed by atoms with E-state index in [2.05, 4.69) is 20.6 Å². The molecule has 1 aromatic carbocycles. The molecule has 0 bridgehead atoms. The third-order valence-electron chi connectivity index (χ3n) is 3.84. The third kappa shape index (κ3) is 2.33. The van der Waals surface area contributed by atoms with Gasteiger partial charge in [-0.2, -0.15) is 9.61 Å². The monoisotopic (exact) mass is 301 g/mol. The van der Waals surface area contributed by atoms with Crippen molar-refractivity contribution in [1.82, 2.24) is 19.8 Å². The van der Waals surface area contributed by atoms with E-state index in [0.717, 1.165) is 21.5 Å². The van der Waals surface area contributed by atoms with Crippen LogP contribution in [0.15, 0.2) is 24.3 Å². The van der Waals surface area contributed by atoms with Crippen LogP contribution < -0.4 is 5.32 Å². The van der Waals surface area contributed by atoms with Crippen molar-refractivity contribution in [2.24, 2.45) is 0 Å². The van der Waals surface area contributed by atoms with E-state index in [1.165, 1.54) is 19.3 Å². The zero-order valence-corrected chi connectivity index (χ0v) is 12.2. The molecule has 2 N–H and O–H groups in total. The lowest BCUT2D eigenvalue weighted by Crippen LogP contribution is -2.13. The lowest BCUT2D eigenvalue weighted by atomic mass is 9.85. The first kappa shape index (κ1) is 12.6. The van der Waals surface area contributed by atoms with Gasteiger partial charge in [0.25, 0.3) is 0 Å². The fourth-order valence-corrected chi connectivity index (χ4v) is 3.20. The van der Waals surface area contributed by atoms with Crippen molar-refractivity contribution in [2.75, 3.05) is 5.32 Å². The predicted octanol–water partition coefficient (Wildman–Crippen LogP) is 2.77. The molecule has 0 amide bonds. The summed E-state index contributed by atoms with van der Waals surface area (Å²) in [6.07, 6.45) is 3.66. The summed E-state index contributed by atoms with van der Waals surface area (Å²) < 4.78 is 1.89. The third-order valence-corrected chi connectivity index (χ3v) is 4.74. The highest BCUT2D eigenvalue weighted by Crippen LogP contribution is 2.35. The van der Waals surface area contributed by atoms with Crippen LogP contribution in [0.2, 0.25) is 0 Å². The van der Waals surface area contributed by atoms with Gasteiger partial charge in [0, 0.05) is 11.6 Å². The number of fused-ring (bicyclic) bond motifs is 1. The number of hydrogen-bond acceptors (Lipinski definition) is 6. The van der Waals surface area contributed by atoms with Gasteiger partial charge >= 0.3 is 0 Å². The summed E-state index contributed by atoms with van der Waals surface area (Å²) in [4.78, 5) is 0.861. The molecule has 4 rings (SSSR count). The Labute approximate surface area is 125 Å². The Balaban J connectivity index is 1.51. The lowest BCUT2D eigenvalue weighted by molar-refractivity contribution is 0.395. The van der Waals surface area contributed by atoms with Crippen LogP contribution in [0.4, 0.5) is 5.69 Å². The standard InChI is InChI=1S/C14H15N5OS/c20-11-6-4-10(5-7-11)15-8-12-18-19-13(9-2-1-3-9)16-17-14(19)21-12/h4-7,9,15,20H,1-3,8H2. The van der Waals surface area contributed by atoms with Gasteiger partial charge < -0.3 is 10.4 Å². The number of nitrogens with zero attached hydrogens (tertiary/aromatic N) is 4. The molecule has 0 spiro atoms. The number of phenolic OH excluding ortho intramolecular Hbond substituents is 1. The molecule has 2 aromatic heterocycles. The van der Waals surface area contributed by atoms with Crippen molar-refractivity contribution in [3.63, 3.8) is 0 Å². The Morgan fingerprint density at radius 3 is 2.76 bits per heavy atom. The van der Waals surface area contributed by atoms with Gasteiger partial charge in [-0.1, -0.05) is 17.8 Å². The molecule has 2 heterocycles. The lowest BCUT2D eigenvalue weighted by Gasteiger charge is -2.22. The normalized spacial score (nSPS) is 15.2. The fraction of sp³-hybridized carbons (Fsp3) is 0.357. The van der Waals surface area contributed by atoms with Crippen molar-refractivity contribution in [1.29, 1.82) is 0 Å². The van der Waals surface area contributed by atoms with Crippen LogP contribution >= 0.6 is 11.3 Å². The van der Waals surface area contributed by atoms with E-state index in [-0.39, 0.29) is 5.75 Å². The molecular formula is C14H15N5OS. The summed E-state index contributed by atoms with van der Waals surface area (Å²) >= 11 is 1.56. The first-order chi connectivity index (χ1) is 10.3. The van der Waals surface area contributed by atoms with Crippen molar-refractivity contribution < 1.29 is 5.11 Å².